The zero-order valence-corrected chi connectivity index (χ0v) is 7.15. The standard InChI is InChI=1S/C6H14O4S/c1-3(8)6(11)5(10)4(9)2-7/h3-11H,2H2,1H3/t3?,4-,5-,6+/m1/s1. The SMILES string of the molecule is CC(O)[C@H](S)[C@H](O)[C@H](O)CO. The number of thiol groups is 1. The predicted molar refractivity (Wildman–Crippen MR) is 43.6 cm³/mol. The molecule has 4 nitrogen and oxygen atoms in total. The summed E-state index contributed by atoms with van der Waals surface area (Å²) in [5, 5.41) is 34.6. The van der Waals surface area contributed by atoms with Crippen LogP contribution in [-0.2, 0) is 0 Å². The Balaban J connectivity index is 3.90. The maximum Gasteiger partial charge on any atom is 0.104 e. The molecule has 0 saturated heterocycles. The molecule has 0 heterocycles. The largest absolute Gasteiger partial charge is 0.394 e. The van der Waals surface area contributed by atoms with Gasteiger partial charge in [0.2, 0.25) is 0 Å². The lowest BCUT2D eigenvalue weighted by atomic mass is 10.1. The van der Waals surface area contributed by atoms with Gasteiger partial charge in [-0.05, 0) is 6.92 Å². The lowest BCUT2D eigenvalue weighted by Crippen LogP contribution is -2.41. The van der Waals surface area contributed by atoms with E-state index in [2.05, 4.69) is 12.6 Å². The van der Waals surface area contributed by atoms with Gasteiger partial charge < -0.3 is 20.4 Å². The van der Waals surface area contributed by atoms with Crippen molar-refractivity contribution in [3.63, 3.8) is 0 Å². The molecule has 0 aliphatic carbocycles. The normalized spacial score (nSPS) is 22.4. The lowest BCUT2D eigenvalue weighted by Gasteiger charge is -2.23. The summed E-state index contributed by atoms with van der Waals surface area (Å²) in [7, 11) is 0. The first kappa shape index (κ1) is 11.2. The quantitative estimate of drug-likeness (QED) is 0.338. The fraction of sp³-hybridized carbons (Fsp3) is 1.00. The Kier molecular flexibility index (Phi) is 5.03. The summed E-state index contributed by atoms with van der Waals surface area (Å²) in [4.78, 5) is 0. The molecule has 5 heteroatoms. The van der Waals surface area contributed by atoms with Gasteiger partial charge in [-0.2, -0.15) is 12.6 Å². The third-order valence-electron chi connectivity index (χ3n) is 1.43. The number of aliphatic hydroxyl groups excluding tert-OH is 4. The van der Waals surface area contributed by atoms with Crippen molar-refractivity contribution in [1.29, 1.82) is 0 Å². The molecule has 0 bridgehead atoms. The first-order chi connectivity index (χ1) is 5.00. The van der Waals surface area contributed by atoms with Gasteiger partial charge in [0.1, 0.15) is 6.10 Å². The van der Waals surface area contributed by atoms with Crippen LogP contribution in [-0.4, -0.2) is 50.6 Å². The maximum absolute atomic E-state index is 9.11. The minimum absolute atomic E-state index is 0.537. The Bertz CT molecular complexity index is 109. The molecular weight excluding hydrogens is 168 g/mol. The zero-order valence-electron chi connectivity index (χ0n) is 6.25. The van der Waals surface area contributed by atoms with Crippen molar-refractivity contribution >= 4 is 12.6 Å². The summed E-state index contributed by atoms with van der Waals surface area (Å²) < 4.78 is 0. The molecule has 0 amide bonds. The van der Waals surface area contributed by atoms with Crippen molar-refractivity contribution in [2.24, 2.45) is 0 Å². The van der Waals surface area contributed by atoms with Gasteiger partial charge >= 0.3 is 0 Å². The molecule has 68 valence electrons. The fourth-order valence-corrected chi connectivity index (χ4v) is 0.820. The van der Waals surface area contributed by atoms with Gasteiger partial charge in [0.05, 0.1) is 24.1 Å². The van der Waals surface area contributed by atoms with Crippen molar-refractivity contribution in [3.05, 3.63) is 0 Å². The van der Waals surface area contributed by atoms with Crippen LogP contribution in [0.4, 0.5) is 0 Å². The minimum Gasteiger partial charge on any atom is -0.394 e. The molecule has 4 atom stereocenters. The molecule has 0 aromatic rings. The number of hydrogen-bond acceptors (Lipinski definition) is 5. The topological polar surface area (TPSA) is 80.9 Å². The predicted octanol–water partition coefficient (Wildman–Crippen LogP) is -1.62. The van der Waals surface area contributed by atoms with E-state index in [9.17, 15) is 0 Å². The van der Waals surface area contributed by atoms with E-state index in [0.29, 0.717) is 0 Å². The molecule has 1 unspecified atom stereocenters. The highest BCUT2D eigenvalue weighted by Crippen LogP contribution is 2.10. The monoisotopic (exact) mass is 182 g/mol. The molecule has 4 N–H and O–H groups in total. The van der Waals surface area contributed by atoms with E-state index in [-0.39, 0.29) is 0 Å². The maximum atomic E-state index is 9.11. The Labute approximate surface area is 70.9 Å². The van der Waals surface area contributed by atoms with E-state index in [1.807, 2.05) is 0 Å². The second-order valence-electron chi connectivity index (χ2n) is 2.47. The minimum atomic E-state index is -1.24. The van der Waals surface area contributed by atoms with Gasteiger partial charge in [0.25, 0.3) is 0 Å². The van der Waals surface area contributed by atoms with Gasteiger partial charge in [-0.1, -0.05) is 0 Å². The smallest absolute Gasteiger partial charge is 0.104 e. The second kappa shape index (κ2) is 4.95. The lowest BCUT2D eigenvalue weighted by molar-refractivity contribution is -0.0291. The van der Waals surface area contributed by atoms with E-state index in [1.165, 1.54) is 6.92 Å². The molecule has 0 rings (SSSR count). The molecule has 0 spiro atoms. The van der Waals surface area contributed by atoms with Gasteiger partial charge in [0.15, 0.2) is 0 Å². The Morgan fingerprint density at radius 1 is 1.27 bits per heavy atom. The van der Waals surface area contributed by atoms with Crippen LogP contribution in [0.25, 0.3) is 0 Å². The summed E-state index contributed by atoms with van der Waals surface area (Å²) in [5.74, 6) is 0. The van der Waals surface area contributed by atoms with Crippen LogP contribution < -0.4 is 0 Å². The highest BCUT2D eigenvalue weighted by Gasteiger charge is 2.26. The van der Waals surface area contributed by atoms with E-state index in [0.717, 1.165) is 0 Å². The van der Waals surface area contributed by atoms with Crippen molar-refractivity contribution < 1.29 is 20.4 Å². The van der Waals surface area contributed by atoms with Gasteiger partial charge in [-0.3, -0.25) is 0 Å². The molecular formula is C6H14O4S. The highest BCUT2D eigenvalue weighted by molar-refractivity contribution is 7.81. The van der Waals surface area contributed by atoms with E-state index < -0.39 is 30.2 Å². The van der Waals surface area contributed by atoms with Gasteiger partial charge in [-0.15, -0.1) is 0 Å². The molecule has 0 radical (unpaired) electrons. The second-order valence-corrected chi connectivity index (χ2v) is 3.07. The van der Waals surface area contributed by atoms with E-state index >= 15 is 0 Å². The third-order valence-corrected chi connectivity index (χ3v) is 2.16. The summed E-state index contributed by atoms with van der Waals surface area (Å²) in [6.07, 6.45) is -3.27. The Morgan fingerprint density at radius 3 is 2.00 bits per heavy atom. The number of aliphatic hydroxyl groups is 4. The average Bonchev–Trinajstić information content (AvgIpc) is 2.00. The van der Waals surface area contributed by atoms with Crippen LogP contribution in [0.3, 0.4) is 0 Å². The molecule has 0 fully saturated rings. The third kappa shape index (κ3) is 3.39. The fourth-order valence-electron chi connectivity index (χ4n) is 0.621. The van der Waals surface area contributed by atoms with Crippen LogP contribution in [0.5, 0.6) is 0 Å². The van der Waals surface area contributed by atoms with E-state index in [4.69, 9.17) is 20.4 Å². The molecule has 0 aliphatic rings. The molecule has 11 heavy (non-hydrogen) atoms. The number of rotatable bonds is 4. The van der Waals surface area contributed by atoms with Crippen LogP contribution >= 0.6 is 12.6 Å². The van der Waals surface area contributed by atoms with Crippen molar-refractivity contribution in [2.75, 3.05) is 6.61 Å². The first-order valence-electron chi connectivity index (χ1n) is 3.33. The van der Waals surface area contributed by atoms with Crippen molar-refractivity contribution in [1.82, 2.24) is 0 Å². The average molecular weight is 182 g/mol. The van der Waals surface area contributed by atoms with Crippen LogP contribution in [0, 0.1) is 0 Å². The van der Waals surface area contributed by atoms with Gasteiger partial charge in [0, 0.05) is 0 Å². The zero-order chi connectivity index (χ0) is 9.02. The molecule has 0 aromatic heterocycles. The van der Waals surface area contributed by atoms with E-state index in [1.54, 1.807) is 0 Å². The highest BCUT2D eigenvalue weighted by atomic mass is 32.1. The van der Waals surface area contributed by atoms with Crippen molar-refractivity contribution in [3.8, 4) is 0 Å². The summed E-state index contributed by atoms with van der Waals surface area (Å²) >= 11 is 3.84. The molecule has 0 aromatic carbocycles. The summed E-state index contributed by atoms with van der Waals surface area (Å²) in [6.45, 7) is 0.913. The van der Waals surface area contributed by atoms with Crippen LogP contribution in [0.15, 0.2) is 0 Å². The summed E-state index contributed by atoms with van der Waals surface area (Å²) in [6, 6.07) is 0. The summed E-state index contributed by atoms with van der Waals surface area (Å²) in [5.41, 5.74) is 0. The molecule has 0 aliphatic heterocycles. The van der Waals surface area contributed by atoms with Crippen LogP contribution in [0.2, 0.25) is 0 Å². The molecule has 0 saturated carbocycles. The van der Waals surface area contributed by atoms with Gasteiger partial charge in [-0.25, -0.2) is 0 Å². The Hall–Kier alpha value is 0.190. The number of hydrogen-bond donors (Lipinski definition) is 5. The first-order valence-corrected chi connectivity index (χ1v) is 3.85. The van der Waals surface area contributed by atoms with Crippen LogP contribution in [0.1, 0.15) is 6.92 Å². The van der Waals surface area contributed by atoms with Crippen molar-refractivity contribution in [2.45, 2.75) is 30.5 Å². The Morgan fingerprint density at radius 2 is 1.73 bits per heavy atom.